The van der Waals surface area contributed by atoms with E-state index in [1.807, 2.05) is 0 Å². The molecule has 2 N–H and O–H groups in total. The summed E-state index contributed by atoms with van der Waals surface area (Å²) in [4.78, 5) is 28.6. The first kappa shape index (κ1) is 12.7. The topological polar surface area (TPSA) is 65.2 Å². The summed E-state index contributed by atoms with van der Waals surface area (Å²) in [6.07, 6.45) is 3.61. The Morgan fingerprint density at radius 1 is 1.47 bits per heavy atom. The van der Waals surface area contributed by atoms with E-state index in [1.54, 1.807) is 0 Å². The monoisotopic (exact) mass is 281 g/mol. The van der Waals surface area contributed by atoms with Gasteiger partial charge in [-0.05, 0) is 25.3 Å². The minimum atomic E-state index is -0.335. The van der Waals surface area contributed by atoms with Crippen LogP contribution in [0.4, 0.5) is 0 Å². The highest BCUT2D eigenvalue weighted by molar-refractivity contribution is 6.30. The molecule has 0 radical (unpaired) electrons. The zero-order chi connectivity index (χ0) is 13.4. The van der Waals surface area contributed by atoms with Crippen LogP contribution in [0.2, 0.25) is 5.02 Å². The van der Waals surface area contributed by atoms with E-state index in [0.717, 1.165) is 26.1 Å². The van der Waals surface area contributed by atoms with Gasteiger partial charge in [-0.25, -0.2) is 0 Å². The Bertz CT molecular complexity index is 545. The maximum atomic E-state index is 12.1. The number of aromatic amines is 1. The third kappa shape index (κ3) is 2.67. The number of fused-ring (bicyclic) bond motifs is 2. The molecule has 102 valence electrons. The minimum absolute atomic E-state index is 0.0957. The van der Waals surface area contributed by atoms with Crippen LogP contribution in [-0.2, 0) is 0 Å². The van der Waals surface area contributed by atoms with Gasteiger partial charge >= 0.3 is 0 Å². The van der Waals surface area contributed by atoms with Crippen molar-refractivity contribution in [3.8, 4) is 0 Å². The smallest absolute Gasteiger partial charge is 0.268 e. The SMILES string of the molecule is O=C(NC1CC2CCN(C2)C1)c1cc(=O)c(Cl)c[nH]1. The number of pyridine rings is 1. The Labute approximate surface area is 115 Å². The summed E-state index contributed by atoms with van der Waals surface area (Å²) in [5, 5.41) is 3.08. The third-order valence-corrected chi connectivity index (χ3v) is 4.21. The van der Waals surface area contributed by atoms with Gasteiger partial charge in [0.25, 0.3) is 5.91 Å². The van der Waals surface area contributed by atoms with Crippen molar-refractivity contribution in [2.24, 2.45) is 5.92 Å². The number of piperidine rings is 1. The molecule has 2 bridgehead atoms. The van der Waals surface area contributed by atoms with Crippen LogP contribution in [0, 0.1) is 5.92 Å². The predicted molar refractivity (Wildman–Crippen MR) is 72.5 cm³/mol. The summed E-state index contributed by atoms with van der Waals surface area (Å²) in [6, 6.07) is 1.42. The number of hydrogen-bond acceptors (Lipinski definition) is 3. The molecule has 3 atom stereocenters. The molecule has 19 heavy (non-hydrogen) atoms. The maximum absolute atomic E-state index is 12.1. The summed E-state index contributed by atoms with van der Waals surface area (Å²) in [7, 11) is 0. The van der Waals surface area contributed by atoms with Gasteiger partial charge in [-0.3, -0.25) is 9.59 Å². The van der Waals surface area contributed by atoms with Crippen molar-refractivity contribution in [3.05, 3.63) is 33.2 Å². The Hall–Kier alpha value is -1.33. The molecule has 0 spiro atoms. The lowest BCUT2D eigenvalue weighted by Crippen LogP contribution is -2.47. The number of nitrogens with one attached hydrogen (secondary N) is 2. The van der Waals surface area contributed by atoms with Crippen molar-refractivity contribution in [2.45, 2.75) is 18.9 Å². The van der Waals surface area contributed by atoms with Crippen molar-refractivity contribution < 1.29 is 4.79 Å². The molecular formula is C13H16ClN3O2. The van der Waals surface area contributed by atoms with Crippen molar-refractivity contribution in [1.82, 2.24) is 15.2 Å². The average Bonchev–Trinajstić information content (AvgIpc) is 2.72. The van der Waals surface area contributed by atoms with E-state index in [2.05, 4.69) is 15.2 Å². The van der Waals surface area contributed by atoms with Crippen LogP contribution in [0.1, 0.15) is 23.3 Å². The molecular weight excluding hydrogens is 266 g/mol. The van der Waals surface area contributed by atoms with E-state index in [9.17, 15) is 9.59 Å². The van der Waals surface area contributed by atoms with Crippen LogP contribution in [0.25, 0.3) is 0 Å². The Kier molecular flexibility index (Phi) is 3.33. The van der Waals surface area contributed by atoms with Crippen molar-refractivity contribution in [1.29, 1.82) is 0 Å². The van der Waals surface area contributed by atoms with Gasteiger partial charge < -0.3 is 15.2 Å². The number of carbonyl (C=O) groups excluding carboxylic acids is 1. The number of hydrogen-bond donors (Lipinski definition) is 2. The van der Waals surface area contributed by atoms with E-state index in [1.165, 1.54) is 18.7 Å². The highest BCUT2D eigenvalue weighted by atomic mass is 35.5. The second kappa shape index (κ2) is 4.98. The molecule has 1 aromatic heterocycles. The van der Waals surface area contributed by atoms with E-state index in [0.29, 0.717) is 5.92 Å². The predicted octanol–water partition coefficient (Wildman–Crippen LogP) is 0.852. The number of amides is 1. The average molecular weight is 282 g/mol. The number of aromatic nitrogens is 1. The fourth-order valence-corrected chi connectivity index (χ4v) is 3.12. The molecule has 2 aliphatic rings. The highest BCUT2D eigenvalue weighted by Gasteiger charge is 2.33. The zero-order valence-electron chi connectivity index (χ0n) is 10.5. The largest absolute Gasteiger partial charge is 0.356 e. The van der Waals surface area contributed by atoms with Gasteiger partial charge in [0, 0.05) is 31.4 Å². The first-order valence-electron chi connectivity index (χ1n) is 6.53. The first-order chi connectivity index (χ1) is 9.11. The van der Waals surface area contributed by atoms with Gasteiger partial charge in [0.2, 0.25) is 5.43 Å². The van der Waals surface area contributed by atoms with Crippen molar-refractivity contribution in [3.63, 3.8) is 0 Å². The molecule has 3 heterocycles. The maximum Gasteiger partial charge on any atom is 0.268 e. The molecule has 3 unspecified atom stereocenters. The summed E-state index contributed by atoms with van der Waals surface area (Å²) < 4.78 is 0. The van der Waals surface area contributed by atoms with Crippen LogP contribution in [0.15, 0.2) is 17.1 Å². The Balaban J connectivity index is 1.67. The molecule has 1 amide bonds. The van der Waals surface area contributed by atoms with Gasteiger partial charge in [0.05, 0.1) is 0 Å². The molecule has 2 fully saturated rings. The van der Waals surface area contributed by atoms with Gasteiger partial charge in [-0.2, -0.15) is 0 Å². The van der Waals surface area contributed by atoms with Gasteiger partial charge in [0.1, 0.15) is 10.7 Å². The van der Waals surface area contributed by atoms with Gasteiger partial charge in [-0.1, -0.05) is 11.6 Å². The fourth-order valence-electron chi connectivity index (χ4n) is 3.01. The summed E-state index contributed by atoms with van der Waals surface area (Å²) in [6.45, 7) is 3.19. The lowest BCUT2D eigenvalue weighted by molar-refractivity contribution is 0.0904. The first-order valence-corrected chi connectivity index (χ1v) is 6.91. The molecule has 2 aliphatic heterocycles. The molecule has 1 aromatic rings. The highest BCUT2D eigenvalue weighted by Crippen LogP contribution is 2.26. The van der Waals surface area contributed by atoms with Crippen molar-refractivity contribution >= 4 is 17.5 Å². The van der Waals surface area contributed by atoms with Crippen molar-refractivity contribution in [2.75, 3.05) is 19.6 Å². The standard InChI is InChI=1S/C13H16ClN3O2/c14-10-5-15-11(4-12(10)18)13(19)16-9-3-8-1-2-17(6-8)7-9/h4-5,8-9H,1-3,6-7H2,(H,15,18)(H,16,19). The minimum Gasteiger partial charge on any atom is -0.356 e. The van der Waals surface area contributed by atoms with Gasteiger partial charge in [-0.15, -0.1) is 0 Å². The molecule has 0 aliphatic carbocycles. The molecule has 6 heteroatoms. The quantitative estimate of drug-likeness (QED) is 0.845. The number of halogens is 1. The molecule has 2 saturated heterocycles. The summed E-state index contributed by atoms with van der Waals surface area (Å²) >= 11 is 5.64. The lowest BCUT2D eigenvalue weighted by Gasteiger charge is -2.30. The van der Waals surface area contributed by atoms with Crippen LogP contribution >= 0.6 is 11.6 Å². The molecule has 0 aromatic carbocycles. The second-order valence-electron chi connectivity index (χ2n) is 5.38. The van der Waals surface area contributed by atoms with E-state index in [-0.39, 0.29) is 28.1 Å². The second-order valence-corrected chi connectivity index (χ2v) is 5.79. The fraction of sp³-hybridized carbons (Fsp3) is 0.538. The zero-order valence-corrected chi connectivity index (χ0v) is 11.2. The Morgan fingerprint density at radius 2 is 2.32 bits per heavy atom. The Morgan fingerprint density at radius 3 is 3.05 bits per heavy atom. The lowest BCUT2D eigenvalue weighted by atomic mass is 9.97. The van der Waals surface area contributed by atoms with Gasteiger partial charge in [0.15, 0.2) is 0 Å². The van der Waals surface area contributed by atoms with E-state index < -0.39 is 0 Å². The number of H-pyrrole nitrogens is 1. The number of nitrogens with zero attached hydrogens (tertiary/aromatic N) is 1. The van der Waals surface area contributed by atoms with Crippen LogP contribution in [-0.4, -0.2) is 41.5 Å². The molecule has 5 nitrogen and oxygen atoms in total. The van der Waals surface area contributed by atoms with Crippen LogP contribution in [0.3, 0.4) is 0 Å². The van der Waals surface area contributed by atoms with E-state index >= 15 is 0 Å². The molecule has 0 saturated carbocycles. The summed E-state index contributed by atoms with van der Waals surface area (Å²) in [5.41, 5.74) is -0.0691. The summed E-state index contributed by atoms with van der Waals surface area (Å²) in [5.74, 6) is 0.463. The number of carbonyl (C=O) groups is 1. The number of rotatable bonds is 2. The van der Waals surface area contributed by atoms with Crippen LogP contribution in [0.5, 0.6) is 0 Å². The normalized spacial score (nSPS) is 29.2. The molecule has 3 rings (SSSR count). The van der Waals surface area contributed by atoms with Crippen LogP contribution < -0.4 is 10.7 Å². The van der Waals surface area contributed by atoms with E-state index in [4.69, 9.17) is 11.6 Å². The third-order valence-electron chi connectivity index (χ3n) is 3.91.